The number of carbonyl (C=O) groups excluding carboxylic acids is 1. The molecule has 0 saturated carbocycles. The van der Waals surface area contributed by atoms with Crippen molar-refractivity contribution >= 4 is 34.9 Å². The third-order valence-electron chi connectivity index (χ3n) is 2.49. The number of carboxylic acids is 1. The molecule has 2 heterocycles. The highest BCUT2D eigenvalue weighted by Crippen LogP contribution is 2.30. The van der Waals surface area contributed by atoms with Crippen molar-refractivity contribution in [1.82, 2.24) is 4.98 Å². The van der Waals surface area contributed by atoms with E-state index in [1.165, 1.54) is 12.3 Å². The van der Waals surface area contributed by atoms with Crippen LogP contribution < -0.4 is 5.11 Å². The first kappa shape index (κ1) is 12.6. The third kappa shape index (κ3) is 2.60. The molecule has 0 aliphatic carbocycles. The fraction of sp³-hybridized carbons (Fsp3) is 0. The molecule has 0 N–H and O–H groups in total. The number of oxazole rings is 1. The highest BCUT2D eigenvalue weighted by molar-refractivity contribution is 8.03. The van der Waals surface area contributed by atoms with Gasteiger partial charge in [-0.25, -0.2) is 4.98 Å². The summed E-state index contributed by atoms with van der Waals surface area (Å²) in [4.78, 5) is 15.3. The summed E-state index contributed by atoms with van der Waals surface area (Å²) >= 11 is 0.882. The fourth-order valence-corrected chi connectivity index (χ4v) is 2.34. The van der Waals surface area contributed by atoms with Crippen molar-refractivity contribution in [2.24, 2.45) is 0 Å². The molecule has 0 saturated heterocycles. The predicted molar refractivity (Wildman–Crippen MR) is 71.6 cm³/mol. The molecule has 100 valence electrons. The lowest BCUT2D eigenvalue weighted by Crippen LogP contribution is -2.22. The van der Waals surface area contributed by atoms with Crippen LogP contribution >= 0.6 is 11.8 Å². The maximum absolute atomic E-state index is 11.1. The Kier molecular flexibility index (Phi) is 3.30. The van der Waals surface area contributed by atoms with Gasteiger partial charge in [0.1, 0.15) is 11.3 Å². The topological polar surface area (TPSA) is 79.3 Å². The van der Waals surface area contributed by atoms with Gasteiger partial charge in [0.15, 0.2) is 5.58 Å². The van der Waals surface area contributed by atoms with Gasteiger partial charge in [-0.05, 0) is 42.1 Å². The van der Waals surface area contributed by atoms with Gasteiger partial charge in [0.25, 0.3) is 5.22 Å². The Hall–Kier alpha value is -2.47. The van der Waals surface area contributed by atoms with E-state index in [9.17, 15) is 9.90 Å². The number of aromatic nitrogens is 1. The molecule has 0 radical (unpaired) electrons. The molecule has 3 aromatic rings. The van der Waals surface area contributed by atoms with Crippen molar-refractivity contribution in [2.45, 2.75) is 5.22 Å². The monoisotopic (exact) mass is 286 g/mol. The number of carbonyl (C=O) groups is 1. The van der Waals surface area contributed by atoms with Crippen molar-refractivity contribution in [2.75, 3.05) is 0 Å². The van der Waals surface area contributed by atoms with Gasteiger partial charge >= 0.3 is 0 Å². The molecular formula is C14H8NO4S-. The molecule has 0 bridgehead atoms. The van der Waals surface area contributed by atoms with E-state index in [0.717, 1.165) is 11.8 Å². The minimum Gasteiger partial charge on any atom is -0.544 e. The van der Waals surface area contributed by atoms with Crippen LogP contribution in [0.25, 0.3) is 17.2 Å². The zero-order valence-electron chi connectivity index (χ0n) is 10.1. The molecule has 1 aromatic carbocycles. The Morgan fingerprint density at radius 3 is 2.80 bits per heavy atom. The number of hydrogen-bond acceptors (Lipinski definition) is 6. The molecule has 0 aliphatic heterocycles. The number of fused-ring (bicyclic) bond motifs is 1. The maximum Gasteiger partial charge on any atom is 0.261 e. The summed E-state index contributed by atoms with van der Waals surface area (Å²) in [5, 5.41) is 11.4. The van der Waals surface area contributed by atoms with Crippen molar-refractivity contribution in [3.05, 3.63) is 53.3 Å². The molecule has 0 aliphatic rings. The standard InChI is InChI=1S/C14H9NO4S/c16-13(17)12(8-9-4-3-7-18-9)20-14-15-10-5-1-2-6-11(10)19-14/h1-8H,(H,16,17)/p-1/b12-8+. The van der Waals surface area contributed by atoms with Gasteiger partial charge in [0, 0.05) is 4.91 Å². The Balaban J connectivity index is 1.92. The van der Waals surface area contributed by atoms with Crippen LogP contribution in [-0.4, -0.2) is 11.0 Å². The largest absolute Gasteiger partial charge is 0.544 e. The molecule has 20 heavy (non-hydrogen) atoms. The minimum atomic E-state index is -1.31. The molecule has 0 amide bonds. The third-order valence-corrected chi connectivity index (χ3v) is 3.34. The lowest BCUT2D eigenvalue weighted by atomic mass is 10.3. The average Bonchev–Trinajstić information content (AvgIpc) is 3.05. The first-order valence-corrected chi connectivity index (χ1v) is 6.54. The number of hydrogen-bond donors (Lipinski definition) is 0. The fourth-order valence-electron chi connectivity index (χ4n) is 1.62. The highest BCUT2D eigenvalue weighted by atomic mass is 32.2. The maximum atomic E-state index is 11.1. The number of benzene rings is 1. The van der Waals surface area contributed by atoms with Crippen LogP contribution in [0.2, 0.25) is 0 Å². The van der Waals surface area contributed by atoms with E-state index in [-0.39, 0.29) is 10.1 Å². The summed E-state index contributed by atoms with van der Waals surface area (Å²) in [7, 11) is 0. The Bertz CT molecular complexity index is 740. The SMILES string of the molecule is O=C([O-])/C(=C\c1ccco1)Sc1nc2ccccc2o1. The molecule has 2 aromatic heterocycles. The van der Waals surface area contributed by atoms with Gasteiger partial charge in [-0.15, -0.1) is 0 Å². The van der Waals surface area contributed by atoms with Crippen LogP contribution in [0.4, 0.5) is 0 Å². The zero-order valence-corrected chi connectivity index (χ0v) is 10.9. The van der Waals surface area contributed by atoms with Crippen LogP contribution in [0, 0.1) is 0 Å². The van der Waals surface area contributed by atoms with Crippen LogP contribution in [-0.2, 0) is 4.79 Å². The molecule has 0 fully saturated rings. The normalized spacial score (nSPS) is 11.9. The summed E-state index contributed by atoms with van der Waals surface area (Å²) in [6, 6.07) is 10.5. The molecule has 0 atom stereocenters. The average molecular weight is 286 g/mol. The van der Waals surface area contributed by atoms with Gasteiger partial charge in [-0.2, -0.15) is 0 Å². The van der Waals surface area contributed by atoms with E-state index in [2.05, 4.69) is 4.98 Å². The summed E-state index contributed by atoms with van der Waals surface area (Å²) in [6.45, 7) is 0. The van der Waals surface area contributed by atoms with E-state index < -0.39 is 5.97 Å². The van der Waals surface area contributed by atoms with Gasteiger partial charge in [0.05, 0.1) is 12.2 Å². The minimum absolute atomic E-state index is 0.0356. The van der Waals surface area contributed by atoms with Crippen molar-refractivity contribution in [1.29, 1.82) is 0 Å². The number of para-hydroxylation sites is 2. The lowest BCUT2D eigenvalue weighted by molar-refractivity contribution is -0.298. The second-order valence-corrected chi connectivity index (χ2v) is 4.85. The molecule has 3 rings (SSSR count). The van der Waals surface area contributed by atoms with Crippen molar-refractivity contribution in [3.8, 4) is 0 Å². The molecule has 0 unspecified atom stereocenters. The number of rotatable bonds is 4. The smallest absolute Gasteiger partial charge is 0.261 e. The number of carboxylic acid groups (broad SMARTS) is 1. The van der Waals surface area contributed by atoms with Crippen LogP contribution in [0.15, 0.2) is 61.6 Å². The van der Waals surface area contributed by atoms with Gasteiger partial charge in [-0.1, -0.05) is 12.1 Å². The summed E-state index contributed by atoms with van der Waals surface area (Å²) in [5.41, 5.74) is 1.27. The van der Waals surface area contributed by atoms with Gasteiger partial charge in [-0.3, -0.25) is 0 Å². The van der Waals surface area contributed by atoms with Crippen LogP contribution in [0.1, 0.15) is 5.76 Å². The Labute approximate surface area is 117 Å². The van der Waals surface area contributed by atoms with E-state index in [4.69, 9.17) is 8.83 Å². The van der Waals surface area contributed by atoms with Crippen LogP contribution in [0.5, 0.6) is 0 Å². The number of nitrogens with zero attached hydrogens (tertiary/aromatic N) is 1. The van der Waals surface area contributed by atoms with Crippen molar-refractivity contribution < 1.29 is 18.7 Å². The predicted octanol–water partition coefficient (Wildman–Crippen LogP) is 2.30. The molecule has 0 spiro atoms. The second-order valence-electron chi connectivity index (χ2n) is 3.86. The van der Waals surface area contributed by atoms with Gasteiger partial charge < -0.3 is 18.7 Å². The Morgan fingerprint density at radius 2 is 2.10 bits per heavy atom. The van der Waals surface area contributed by atoms with E-state index in [1.807, 2.05) is 12.1 Å². The van der Waals surface area contributed by atoms with E-state index in [0.29, 0.717) is 16.9 Å². The molecule has 6 heteroatoms. The second kappa shape index (κ2) is 5.26. The molecule has 5 nitrogen and oxygen atoms in total. The summed E-state index contributed by atoms with van der Waals surface area (Å²) < 4.78 is 10.5. The zero-order chi connectivity index (χ0) is 13.9. The summed E-state index contributed by atoms with van der Waals surface area (Å²) in [5.74, 6) is -0.888. The van der Waals surface area contributed by atoms with Crippen molar-refractivity contribution in [3.63, 3.8) is 0 Å². The quantitative estimate of drug-likeness (QED) is 0.541. The number of thioether (sulfide) groups is 1. The van der Waals surface area contributed by atoms with E-state index >= 15 is 0 Å². The lowest BCUT2D eigenvalue weighted by Gasteiger charge is -2.03. The summed E-state index contributed by atoms with van der Waals surface area (Å²) in [6.07, 6.45) is 2.83. The number of furan rings is 1. The first-order valence-electron chi connectivity index (χ1n) is 5.72. The first-order chi connectivity index (χ1) is 9.72. The van der Waals surface area contributed by atoms with Gasteiger partial charge in [0.2, 0.25) is 0 Å². The van der Waals surface area contributed by atoms with E-state index in [1.54, 1.807) is 24.3 Å². The number of aliphatic carboxylic acids is 1. The molecular weight excluding hydrogens is 278 g/mol. The Morgan fingerprint density at radius 1 is 1.25 bits per heavy atom. The highest BCUT2D eigenvalue weighted by Gasteiger charge is 2.10. The van der Waals surface area contributed by atoms with Crippen LogP contribution in [0.3, 0.4) is 0 Å².